The second-order valence-corrected chi connectivity index (χ2v) is 2.09. The minimum atomic E-state index is -0.106. The second kappa shape index (κ2) is 2.52. The Morgan fingerprint density at radius 3 is 2.80 bits per heavy atom. The minimum absolute atomic E-state index is 0.106. The van der Waals surface area contributed by atoms with Gasteiger partial charge in [-0.3, -0.25) is 0 Å². The molecule has 1 aromatic rings. The number of allylic oxidation sites excluding steroid dienone is 1. The third-order valence-electron chi connectivity index (χ3n) is 1.13. The fourth-order valence-electron chi connectivity index (χ4n) is 0.627. The summed E-state index contributed by atoms with van der Waals surface area (Å²) in [6.07, 6.45) is 4.37. The van der Waals surface area contributed by atoms with Crippen molar-refractivity contribution in [2.24, 2.45) is 0 Å². The molecule has 0 radical (unpaired) electrons. The maximum Gasteiger partial charge on any atom is 0.171 e. The van der Waals surface area contributed by atoms with Gasteiger partial charge in [-0.2, -0.15) is 6.07 Å². The third-order valence-corrected chi connectivity index (χ3v) is 1.13. The molecule has 1 rings (SSSR count). The van der Waals surface area contributed by atoms with Gasteiger partial charge in [-0.05, 0) is 12.5 Å². The average molecular weight is 134 g/mol. The van der Waals surface area contributed by atoms with E-state index in [9.17, 15) is 4.79 Å². The minimum Gasteiger partial charge on any atom is -0.418 e. The van der Waals surface area contributed by atoms with E-state index in [4.69, 9.17) is 0 Å². The highest BCUT2D eigenvalue weighted by atomic mass is 16.2. The van der Waals surface area contributed by atoms with Crippen LogP contribution in [0, 0.1) is 6.20 Å². The fraction of sp³-hybridized carbons (Fsp3) is 0.125. The van der Waals surface area contributed by atoms with Gasteiger partial charge in [0.05, 0.1) is 0 Å². The normalized spacial score (nSPS) is 9.30. The molecular weight excluding hydrogens is 126 g/mol. The molecule has 0 aliphatic rings. The zero-order valence-corrected chi connectivity index (χ0v) is 5.79. The molecule has 2 nitrogen and oxygen atoms in total. The topological polar surface area (TPSA) is 22.0 Å². The maximum atomic E-state index is 11.0. The van der Waals surface area contributed by atoms with Gasteiger partial charge in [0.2, 0.25) is 0 Å². The van der Waals surface area contributed by atoms with Crippen LogP contribution < -0.4 is 0 Å². The lowest BCUT2D eigenvalue weighted by molar-refractivity contribution is 0.0955. The number of hydrogen-bond donors (Lipinski definition) is 0. The number of nitrogens with zero attached hydrogens (tertiary/aromatic N) is 1. The molecule has 0 saturated heterocycles. The maximum absolute atomic E-state index is 11.0. The van der Waals surface area contributed by atoms with Gasteiger partial charge in [0.1, 0.15) is 0 Å². The van der Waals surface area contributed by atoms with Gasteiger partial charge in [-0.1, -0.05) is 6.20 Å². The first-order valence-electron chi connectivity index (χ1n) is 2.97. The van der Waals surface area contributed by atoms with Crippen molar-refractivity contribution in [1.82, 2.24) is 4.57 Å². The first kappa shape index (κ1) is 6.81. The third kappa shape index (κ3) is 1.16. The highest BCUT2D eigenvalue weighted by Crippen LogP contribution is 1.95. The molecule has 0 fully saturated rings. The predicted molar refractivity (Wildman–Crippen MR) is 38.7 cm³/mol. The Morgan fingerprint density at radius 1 is 1.70 bits per heavy atom. The molecule has 0 atom stereocenters. The van der Waals surface area contributed by atoms with Crippen molar-refractivity contribution in [3.8, 4) is 0 Å². The number of carbonyl (C=O) groups excluding carboxylic acids is 1. The number of rotatable bonds is 1. The van der Waals surface area contributed by atoms with Crippen molar-refractivity contribution in [3.05, 3.63) is 36.7 Å². The van der Waals surface area contributed by atoms with Crippen molar-refractivity contribution >= 4 is 5.91 Å². The molecule has 1 aromatic heterocycles. The summed E-state index contributed by atoms with van der Waals surface area (Å²) in [7, 11) is 0. The Labute approximate surface area is 59.8 Å². The van der Waals surface area contributed by atoms with Crippen molar-refractivity contribution in [2.75, 3.05) is 0 Å². The molecule has 0 N–H and O–H groups in total. The van der Waals surface area contributed by atoms with Crippen LogP contribution in [-0.2, 0) is 0 Å². The quantitative estimate of drug-likeness (QED) is 0.421. The van der Waals surface area contributed by atoms with Gasteiger partial charge in [-0.25, -0.2) is 0 Å². The largest absolute Gasteiger partial charge is 0.418 e. The standard InChI is InChI=1S/C8H8NO/c1-7(2)8(10)9-5-3-4-6-9/h3-5H,1H2,2H3/q-1. The zero-order chi connectivity index (χ0) is 7.56. The van der Waals surface area contributed by atoms with Gasteiger partial charge in [0.15, 0.2) is 5.91 Å². The molecule has 0 bridgehead atoms. The number of hydrogen-bond acceptors (Lipinski definition) is 1. The van der Waals surface area contributed by atoms with Crippen LogP contribution in [0.2, 0.25) is 0 Å². The van der Waals surface area contributed by atoms with Gasteiger partial charge >= 0.3 is 0 Å². The number of aromatic nitrogens is 1. The molecule has 0 aliphatic heterocycles. The summed E-state index contributed by atoms with van der Waals surface area (Å²) in [6, 6.07) is 3.43. The summed E-state index contributed by atoms with van der Waals surface area (Å²) >= 11 is 0. The average Bonchev–Trinajstić information content (AvgIpc) is 2.36. The van der Waals surface area contributed by atoms with E-state index in [0.29, 0.717) is 5.57 Å². The fourth-order valence-corrected chi connectivity index (χ4v) is 0.627. The molecule has 52 valence electrons. The molecule has 0 aromatic carbocycles. The molecule has 0 saturated carbocycles. The summed E-state index contributed by atoms with van der Waals surface area (Å²) in [6.45, 7) is 5.20. The van der Waals surface area contributed by atoms with Crippen LogP contribution >= 0.6 is 0 Å². The van der Waals surface area contributed by atoms with E-state index in [1.807, 2.05) is 0 Å². The van der Waals surface area contributed by atoms with E-state index in [2.05, 4.69) is 12.8 Å². The summed E-state index contributed by atoms with van der Waals surface area (Å²) in [5.74, 6) is -0.106. The van der Waals surface area contributed by atoms with Crippen LogP contribution in [0.3, 0.4) is 0 Å². The molecule has 0 unspecified atom stereocenters. The van der Waals surface area contributed by atoms with Gasteiger partial charge in [0.25, 0.3) is 0 Å². The highest BCUT2D eigenvalue weighted by molar-refractivity contribution is 5.94. The molecule has 0 aliphatic carbocycles. The van der Waals surface area contributed by atoms with Crippen LogP contribution in [0.15, 0.2) is 30.5 Å². The smallest absolute Gasteiger partial charge is 0.171 e. The highest BCUT2D eigenvalue weighted by Gasteiger charge is 1.93. The SMILES string of the molecule is C=C(C)C(=O)n1[c-]ccc1. The summed E-state index contributed by atoms with van der Waals surface area (Å²) in [5.41, 5.74) is 0.521. The number of carbonyl (C=O) groups is 1. The monoisotopic (exact) mass is 134 g/mol. The zero-order valence-electron chi connectivity index (χ0n) is 5.79. The molecule has 0 spiro atoms. The van der Waals surface area contributed by atoms with Gasteiger partial charge in [0, 0.05) is 0 Å². The lowest BCUT2D eigenvalue weighted by Crippen LogP contribution is -2.08. The Morgan fingerprint density at radius 2 is 2.40 bits per heavy atom. The second-order valence-electron chi connectivity index (χ2n) is 2.09. The molecule has 1 heterocycles. The van der Waals surface area contributed by atoms with Gasteiger partial charge in [-0.15, -0.1) is 18.8 Å². The van der Waals surface area contributed by atoms with E-state index < -0.39 is 0 Å². The van der Waals surface area contributed by atoms with Crippen molar-refractivity contribution in [1.29, 1.82) is 0 Å². The van der Waals surface area contributed by atoms with Crippen LogP contribution in [0.4, 0.5) is 0 Å². The predicted octanol–water partition coefficient (Wildman–Crippen LogP) is 1.50. The Bertz CT molecular complexity index is 246. The molecule has 0 amide bonds. The van der Waals surface area contributed by atoms with Gasteiger partial charge < -0.3 is 9.36 Å². The van der Waals surface area contributed by atoms with Crippen molar-refractivity contribution in [2.45, 2.75) is 6.92 Å². The Balaban J connectivity index is 2.88. The first-order chi connectivity index (χ1) is 4.72. The van der Waals surface area contributed by atoms with Crippen molar-refractivity contribution in [3.63, 3.8) is 0 Å². The van der Waals surface area contributed by atoms with E-state index in [1.54, 1.807) is 25.3 Å². The molecular formula is C8H8NO-. The molecule has 2 heteroatoms. The first-order valence-corrected chi connectivity index (χ1v) is 2.97. The lowest BCUT2D eigenvalue weighted by atomic mass is 10.3. The molecule has 10 heavy (non-hydrogen) atoms. The van der Waals surface area contributed by atoms with Crippen LogP contribution in [-0.4, -0.2) is 10.5 Å². The van der Waals surface area contributed by atoms with E-state index in [1.165, 1.54) is 4.57 Å². The van der Waals surface area contributed by atoms with Crippen LogP contribution in [0.1, 0.15) is 11.7 Å². The lowest BCUT2D eigenvalue weighted by Gasteiger charge is -2.06. The summed E-state index contributed by atoms with van der Waals surface area (Å²) in [5, 5.41) is 0. The summed E-state index contributed by atoms with van der Waals surface area (Å²) in [4.78, 5) is 11.0. The van der Waals surface area contributed by atoms with E-state index >= 15 is 0 Å². The van der Waals surface area contributed by atoms with Crippen molar-refractivity contribution < 1.29 is 4.79 Å². The van der Waals surface area contributed by atoms with E-state index in [0.717, 1.165) is 0 Å². The summed E-state index contributed by atoms with van der Waals surface area (Å²) < 4.78 is 1.38. The Kier molecular flexibility index (Phi) is 1.71. The van der Waals surface area contributed by atoms with E-state index in [-0.39, 0.29) is 5.91 Å². The van der Waals surface area contributed by atoms with Crippen LogP contribution in [0.25, 0.3) is 0 Å². The Hall–Kier alpha value is -1.31. The van der Waals surface area contributed by atoms with Crippen LogP contribution in [0.5, 0.6) is 0 Å².